The predicted molar refractivity (Wildman–Crippen MR) is 100 cm³/mol. The molecule has 1 N–H and O–H groups in total. The lowest BCUT2D eigenvalue weighted by Crippen LogP contribution is -2.51. The highest BCUT2D eigenvalue weighted by atomic mass is 32.2. The zero-order chi connectivity index (χ0) is 18.4. The maximum Gasteiger partial charge on any atom is 0.243 e. The number of nitrogens with one attached hydrogen (secondary N) is 1. The SMILES string of the molecule is Cc1ccc(N([C@H](C)C(=O)N[C@@H]2C[C@@H]3CC[C@H]2C3)S(C)(=O)=O)cc1C. The number of carbonyl (C=O) groups is 1. The third-order valence-electron chi connectivity index (χ3n) is 5.90. The van der Waals surface area contributed by atoms with E-state index in [0.29, 0.717) is 11.6 Å². The number of aryl methyl sites for hydroxylation is 2. The summed E-state index contributed by atoms with van der Waals surface area (Å²) < 4.78 is 26.0. The molecule has 1 amide bonds. The van der Waals surface area contributed by atoms with E-state index in [1.165, 1.54) is 23.6 Å². The van der Waals surface area contributed by atoms with Crippen LogP contribution in [0.4, 0.5) is 5.69 Å². The minimum absolute atomic E-state index is 0.204. The Bertz CT molecular complexity index is 775. The van der Waals surface area contributed by atoms with Crippen molar-refractivity contribution >= 4 is 21.6 Å². The van der Waals surface area contributed by atoms with Gasteiger partial charge in [-0.25, -0.2) is 8.42 Å². The average Bonchev–Trinajstić information content (AvgIpc) is 3.12. The highest BCUT2D eigenvalue weighted by molar-refractivity contribution is 7.92. The van der Waals surface area contributed by atoms with Crippen molar-refractivity contribution in [1.29, 1.82) is 0 Å². The van der Waals surface area contributed by atoms with Crippen molar-refractivity contribution in [3.63, 3.8) is 0 Å². The van der Waals surface area contributed by atoms with Gasteiger partial charge in [-0.2, -0.15) is 0 Å². The molecule has 0 unspecified atom stereocenters. The van der Waals surface area contributed by atoms with E-state index in [9.17, 15) is 13.2 Å². The van der Waals surface area contributed by atoms with Gasteiger partial charge in [0.1, 0.15) is 6.04 Å². The molecular formula is C19H28N2O3S. The smallest absolute Gasteiger partial charge is 0.243 e. The number of sulfonamides is 1. The number of amides is 1. The topological polar surface area (TPSA) is 66.5 Å². The second-order valence-electron chi connectivity index (χ2n) is 7.79. The molecule has 2 aliphatic rings. The second kappa shape index (κ2) is 6.63. The Hall–Kier alpha value is -1.56. The van der Waals surface area contributed by atoms with Crippen LogP contribution in [0.25, 0.3) is 0 Å². The van der Waals surface area contributed by atoms with Crippen LogP contribution in [0, 0.1) is 25.7 Å². The fourth-order valence-electron chi connectivity index (χ4n) is 4.40. The molecule has 1 aromatic carbocycles. The number of rotatable bonds is 5. The Morgan fingerprint density at radius 2 is 1.92 bits per heavy atom. The lowest BCUT2D eigenvalue weighted by atomic mass is 9.95. The zero-order valence-corrected chi connectivity index (χ0v) is 16.3. The van der Waals surface area contributed by atoms with Gasteiger partial charge in [-0.05, 0) is 75.1 Å². The lowest BCUT2D eigenvalue weighted by Gasteiger charge is -2.31. The van der Waals surface area contributed by atoms with E-state index < -0.39 is 16.1 Å². The Kier molecular flexibility index (Phi) is 4.84. The molecule has 0 radical (unpaired) electrons. The van der Waals surface area contributed by atoms with Gasteiger partial charge < -0.3 is 5.32 Å². The summed E-state index contributed by atoms with van der Waals surface area (Å²) in [5.41, 5.74) is 2.64. The van der Waals surface area contributed by atoms with Crippen molar-refractivity contribution in [2.45, 2.75) is 58.5 Å². The lowest BCUT2D eigenvalue weighted by molar-refractivity contribution is -0.122. The summed E-state index contributed by atoms with van der Waals surface area (Å²) in [6.07, 6.45) is 5.84. The summed E-state index contributed by atoms with van der Waals surface area (Å²) in [6, 6.07) is 4.93. The number of hydrogen-bond acceptors (Lipinski definition) is 3. The standard InChI is InChI=1S/C19H28N2O3S/c1-12-5-8-17(9-13(12)2)21(25(4,23)24)14(3)19(22)20-18-11-15-6-7-16(18)10-15/h5,8-9,14-16,18H,6-7,10-11H2,1-4H3,(H,20,22)/t14-,15-,16+,18-/m1/s1. The molecule has 4 atom stereocenters. The largest absolute Gasteiger partial charge is 0.351 e. The van der Waals surface area contributed by atoms with E-state index in [4.69, 9.17) is 0 Å². The van der Waals surface area contributed by atoms with E-state index in [-0.39, 0.29) is 11.9 Å². The summed E-state index contributed by atoms with van der Waals surface area (Å²) in [5.74, 6) is 1.09. The Morgan fingerprint density at radius 3 is 2.44 bits per heavy atom. The van der Waals surface area contributed by atoms with Crippen LogP contribution in [0.3, 0.4) is 0 Å². The summed E-state index contributed by atoms with van der Waals surface area (Å²) in [7, 11) is -3.56. The molecule has 0 aromatic heterocycles. The van der Waals surface area contributed by atoms with Gasteiger partial charge in [0.2, 0.25) is 15.9 Å². The molecule has 2 bridgehead atoms. The third-order valence-corrected chi connectivity index (χ3v) is 7.14. The van der Waals surface area contributed by atoms with Crippen molar-refractivity contribution < 1.29 is 13.2 Å². The first-order chi connectivity index (χ1) is 11.7. The molecular weight excluding hydrogens is 336 g/mol. The van der Waals surface area contributed by atoms with Crippen molar-refractivity contribution in [3.8, 4) is 0 Å². The minimum atomic E-state index is -3.56. The van der Waals surface area contributed by atoms with Crippen LogP contribution in [0.15, 0.2) is 18.2 Å². The first-order valence-corrected chi connectivity index (χ1v) is 10.9. The molecule has 2 fully saturated rings. The van der Waals surface area contributed by atoms with E-state index in [0.717, 1.165) is 29.7 Å². The highest BCUT2D eigenvalue weighted by Crippen LogP contribution is 2.44. The molecule has 2 saturated carbocycles. The van der Waals surface area contributed by atoms with Crippen LogP contribution in [0.2, 0.25) is 0 Å². The number of fused-ring (bicyclic) bond motifs is 2. The molecule has 0 heterocycles. The third kappa shape index (κ3) is 3.68. The van der Waals surface area contributed by atoms with E-state index >= 15 is 0 Å². The van der Waals surface area contributed by atoms with Gasteiger partial charge in [0, 0.05) is 6.04 Å². The van der Waals surface area contributed by atoms with Gasteiger partial charge in [0.05, 0.1) is 11.9 Å². The van der Waals surface area contributed by atoms with Crippen LogP contribution in [0.5, 0.6) is 0 Å². The molecule has 6 heteroatoms. The fraction of sp³-hybridized carbons (Fsp3) is 0.632. The summed E-state index contributed by atoms with van der Waals surface area (Å²) in [4.78, 5) is 12.8. The van der Waals surface area contributed by atoms with Gasteiger partial charge in [0.25, 0.3) is 0 Å². The first-order valence-electron chi connectivity index (χ1n) is 9.04. The van der Waals surface area contributed by atoms with Crippen LogP contribution in [0.1, 0.15) is 43.7 Å². The number of hydrogen-bond donors (Lipinski definition) is 1. The Balaban J connectivity index is 1.80. The normalized spacial score (nSPS) is 26.5. The van der Waals surface area contributed by atoms with Gasteiger partial charge in [-0.3, -0.25) is 9.10 Å². The maximum atomic E-state index is 12.8. The molecule has 5 nitrogen and oxygen atoms in total. The second-order valence-corrected chi connectivity index (χ2v) is 9.65. The molecule has 0 spiro atoms. The number of nitrogens with zero attached hydrogens (tertiary/aromatic N) is 1. The molecule has 25 heavy (non-hydrogen) atoms. The van der Waals surface area contributed by atoms with Gasteiger partial charge in [0.15, 0.2) is 0 Å². The minimum Gasteiger partial charge on any atom is -0.351 e. The summed E-state index contributed by atoms with van der Waals surface area (Å²) >= 11 is 0. The van der Waals surface area contributed by atoms with Crippen molar-refractivity contribution in [3.05, 3.63) is 29.3 Å². The van der Waals surface area contributed by atoms with Crippen molar-refractivity contribution in [1.82, 2.24) is 5.32 Å². The Morgan fingerprint density at radius 1 is 1.20 bits per heavy atom. The van der Waals surface area contributed by atoms with Crippen LogP contribution < -0.4 is 9.62 Å². The number of anilines is 1. The van der Waals surface area contributed by atoms with Crippen LogP contribution in [-0.2, 0) is 14.8 Å². The quantitative estimate of drug-likeness (QED) is 0.874. The van der Waals surface area contributed by atoms with Crippen LogP contribution in [-0.4, -0.2) is 32.7 Å². The van der Waals surface area contributed by atoms with E-state index in [1.54, 1.807) is 13.0 Å². The zero-order valence-electron chi connectivity index (χ0n) is 15.5. The first kappa shape index (κ1) is 18.2. The van der Waals surface area contributed by atoms with Gasteiger partial charge in [-0.15, -0.1) is 0 Å². The number of carbonyl (C=O) groups excluding carboxylic acids is 1. The molecule has 0 aliphatic heterocycles. The van der Waals surface area contributed by atoms with Gasteiger partial charge >= 0.3 is 0 Å². The van der Waals surface area contributed by atoms with E-state index in [2.05, 4.69) is 5.32 Å². The fourth-order valence-corrected chi connectivity index (χ4v) is 5.56. The molecule has 0 saturated heterocycles. The summed E-state index contributed by atoms with van der Waals surface area (Å²) in [6.45, 7) is 5.59. The Labute approximate surface area is 150 Å². The molecule has 138 valence electrons. The highest BCUT2D eigenvalue weighted by Gasteiger charge is 2.41. The van der Waals surface area contributed by atoms with Gasteiger partial charge in [-0.1, -0.05) is 12.5 Å². The summed E-state index contributed by atoms with van der Waals surface area (Å²) in [5, 5.41) is 3.11. The average molecular weight is 365 g/mol. The molecule has 3 rings (SSSR count). The van der Waals surface area contributed by atoms with Crippen LogP contribution >= 0.6 is 0 Å². The number of benzene rings is 1. The monoisotopic (exact) mass is 364 g/mol. The molecule has 1 aromatic rings. The van der Waals surface area contributed by atoms with Crippen molar-refractivity contribution in [2.24, 2.45) is 11.8 Å². The van der Waals surface area contributed by atoms with Crippen molar-refractivity contribution in [2.75, 3.05) is 10.6 Å². The predicted octanol–water partition coefficient (Wildman–Crippen LogP) is 2.76. The maximum absolute atomic E-state index is 12.8. The van der Waals surface area contributed by atoms with E-state index in [1.807, 2.05) is 26.0 Å². The molecule has 2 aliphatic carbocycles.